The van der Waals surface area contributed by atoms with Crippen molar-refractivity contribution in [2.45, 2.75) is 51.6 Å². The number of fused-ring (bicyclic) bond motifs is 1. The van der Waals surface area contributed by atoms with E-state index in [1.165, 1.54) is 7.11 Å². The SMILES string of the molecule is COc1ccc(Cn2ncc(NC(C)COCc3nc4n(n3)CCN(c3ncc(C(F)(F)F)cn3)C4)c(C(F)(F)F)c2=O)cc1. The first kappa shape index (κ1) is 31.7. The fourth-order valence-corrected chi connectivity index (χ4v) is 4.57. The van der Waals surface area contributed by atoms with Crippen LogP contribution in [0.25, 0.3) is 0 Å². The van der Waals surface area contributed by atoms with Crippen molar-refractivity contribution in [1.29, 1.82) is 0 Å². The largest absolute Gasteiger partial charge is 0.497 e. The average molecular weight is 640 g/mol. The lowest BCUT2D eigenvalue weighted by Gasteiger charge is -2.26. The lowest BCUT2D eigenvalue weighted by molar-refractivity contribution is -0.139. The molecule has 1 aliphatic heterocycles. The Kier molecular flexibility index (Phi) is 8.94. The van der Waals surface area contributed by atoms with Crippen LogP contribution in [0.15, 0.2) is 47.7 Å². The molecule has 0 amide bonds. The number of anilines is 2. The van der Waals surface area contributed by atoms with Gasteiger partial charge in [-0.1, -0.05) is 12.1 Å². The first-order chi connectivity index (χ1) is 21.3. The number of ether oxygens (including phenoxy) is 2. The number of nitrogens with one attached hydrogen (secondary N) is 1. The number of benzene rings is 1. The molecule has 0 spiro atoms. The summed E-state index contributed by atoms with van der Waals surface area (Å²) >= 11 is 0. The Morgan fingerprint density at radius 3 is 2.36 bits per heavy atom. The van der Waals surface area contributed by atoms with E-state index >= 15 is 0 Å². The molecule has 12 nitrogen and oxygen atoms in total. The van der Waals surface area contributed by atoms with Crippen molar-refractivity contribution >= 4 is 11.6 Å². The van der Waals surface area contributed by atoms with Crippen molar-refractivity contribution < 1.29 is 35.8 Å². The first-order valence-corrected chi connectivity index (χ1v) is 13.5. The van der Waals surface area contributed by atoms with Crippen LogP contribution in [-0.4, -0.2) is 60.8 Å². The Morgan fingerprint density at radius 1 is 1.00 bits per heavy atom. The van der Waals surface area contributed by atoms with Crippen molar-refractivity contribution in [3.63, 3.8) is 0 Å². The minimum atomic E-state index is -4.94. The summed E-state index contributed by atoms with van der Waals surface area (Å²) in [7, 11) is 1.48. The zero-order valence-corrected chi connectivity index (χ0v) is 23.9. The topological polar surface area (TPSA) is 125 Å². The monoisotopic (exact) mass is 639 g/mol. The summed E-state index contributed by atoms with van der Waals surface area (Å²) in [6.07, 6.45) is -7.08. The third-order valence-electron chi connectivity index (χ3n) is 6.77. The zero-order valence-electron chi connectivity index (χ0n) is 23.9. The number of rotatable bonds is 10. The third kappa shape index (κ3) is 7.50. The number of hydrogen-bond donors (Lipinski definition) is 1. The van der Waals surface area contributed by atoms with Gasteiger partial charge in [0.15, 0.2) is 5.82 Å². The minimum Gasteiger partial charge on any atom is -0.497 e. The number of hydrogen-bond acceptors (Lipinski definition) is 10. The molecule has 0 saturated heterocycles. The van der Waals surface area contributed by atoms with Gasteiger partial charge in [-0.25, -0.2) is 24.3 Å². The second-order valence-corrected chi connectivity index (χ2v) is 10.2. The molecule has 1 atom stereocenters. The molecule has 1 unspecified atom stereocenters. The van der Waals surface area contributed by atoms with Gasteiger partial charge in [0.25, 0.3) is 5.56 Å². The molecule has 4 aromatic rings. The van der Waals surface area contributed by atoms with Gasteiger partial charge < -0.3 is 19.7 Å². The average Bonchev–Trinajstić information content (AvgIpc) is 3.40. The quantitative estimate of drug-likeness (QED) is 0.257. The van der Waals surface area contributed by atoms with Crippen LogP contribution < -0.4 is 20.5 Å². The number of alkyl halides is 6. The third-order valence-corrected chi connectivity index (χ3v) is 6.77. The lowest BCUT2D eigenvalue weighted by atomic mass is 10.2. The molecular formula is C27H27F6N9O3. The molecule has 3 aromatic heterocycles. The maximum atomic E-state index is 14.0. The highest BCUT2D eigenvalue weighted by atomic mass is 19.4. The summed E-state index contributed by atoms with van der Waals surface area (Å²) in [5.41, 5.74) is -3.52. The van der Waals surface area contributed by atoms with E-state index in [0.29, 0.717) is 36.1 Å². The van der Waals surface area contributed by atoms with E-state index in [9.17, 15) is 31.1 Å². The first-order valence-electron chi connectivity index (χ1n) is 13.5. The van der Waals surface area contributed by atoms with Crippen LogP contribution in [0, 0.1) is 0 Å². The highest BCUT2D eigenvalue weighted by Gasteiger charge is 2.38. The second kappa shape index (κ2) is 12.7. The fraction of sp³-hybridized carbons (Fsp3) is 0.407. The molecule has 1 N–H and O–H groups in total. The summed E-state index contributed by atoms with van der Waals surface area (Å²) in [4.78, 5) is 26.5. The minimum absolute atomic E-state index is 0.0539. The van der Waals surface area contributed by atoms with E-state index in [1.807, 2.05) is 0 Å². The van der Waals surface area contributed by atoms with Gasteiger partial charge in [-0.05, 0) is 24.6 Å². The van der Waals surface area contributed by atoms with E-state index in [1.54, 1.807) is 40.8 Å². The molecule has 0 fully saturated rings. The molecule has 0 radical (unpaired) electrons. The smallest absolute Gasteiger partial charge is 0.423 e. The summed E-state index contributed by atoms with van der Waals surface area (Å²) in [5, 5.41) is 10.9. The summed E-state index contributed by atoms with van der Waals surface area (Å²) < 4.78 is 93.4. The molecule has 5 rings (SSSR count). The normalized spacial score (nSPS) is 14.3. The summed E-state index contributed by atoms with van der Waals surface area (Å²) in [6, 6.07) is 5.85. The van der Waals surface area contributed by atoms with E-state index in [4.69, 9.17) is 9.47 Å². The van der Waals surface area contributed by atoms with Crippen LogP contribution in [-0.2, 0) is 43.3 Å². The van der Waals surface area contributed by atoms with E-state index in [2.05, 4.69) is 30.5 Å². The van der Waals surface area contributed by atoms with Crippen LogP contribution in [0.4, 0.5) is 38.0 Å². The second-order valence-electron chi connectivity index (χ2n) is 10.2. The summed E-state index contributed by atoms with van der Waals surface area (Å²) in [5.74, 6) is 1.51. The van der Waals surface area contributed by atoms with Gasteiger partial charge in [0, 0.05) is 25.0 Å². The van der Waals surface area contributed by atoms with Crippen molar-refractivity contribution in [3.8, 4) is 5.75 Å². The van der Waals surface area contributed by atoms with Gasteiger partial charge >= 0.3 is 12.4 Å². The van der Waals surface area contributed by atoms with E-state index < -0.39 is 40.8 Å². The van der Waals surface area contributed by atoms with Gasteiger partial charge in [0.2, 0.25) is 5.95 Å². The predicted molar refractivity (Wildman–Crippen MR) is 146 cm³/mol. The van der Waals surface area contributed by atoms with Gasteiger partial charge in [-0.2, -0.15) is 36.5 Å². The molecule has 1 aliphatic rings. The van der Waals surface area contributed by atoms with Crippen molar-refractivity contribution in [1.82, 2.24) is 34.5 Å². The lowest BCUT2D eigenvalue weighted by Crippen LogP contribution is -2.35. The highest BCUT2D eigenvalue weighted by molar-refractivity contribution is 5.50. The van der Waals surface area contributed by atoms with E-state index in [-0.39, 0.29) is 32.3 Å². The summed E-state index contributed by atoms with van der Waals surface area (Å²) in [6.45, 7) is 2.27. The molecule has 0 bridgehead atoms. The number of methoxy groups -OCH3 is 1. The van der Waals surface area contributed by atoms with Gasteiger partial charge in [0.05, 0.1) is 50.8 Å². The van der Waals surface area contributed by atoms with Crippen molar-refractivity contribution in [2.75, 3.05) is 30.5 Å². The number of nitrogens with zero attached hydrogens (tertiary/aromatic N) is 8. The molecule has 240 valence electrons. The molecule has 4 heterocycles. The van der Waals surface area contributed by atoms with Gasteiger partial charge in [0.1, 0.15) is 23.7 Å². The van der Waals surface area contributed by atoms with E-state index in [0.717, 1.165) is 23.3 Å². The van der Waals surface area contributed by atoms with Crippen LogP contribution in [0.2, 0.25) is 0 Å². The Labute approximate surface area is 251 Å². The predicted octanol–water partition coefficient (Wildman–Crippen LogP) is 3.76. The Hall–Kier alpha value is -4.74. The molecule has 0 saturated carbocycles. The highest BCUT2D eigenvalue weighted by Crippen LogP contribution is 2.32. The number of aromatic nitrogens is 7. The molecule has 0 aliphatic carbocycles. The zero-order chi connectivity index (χ0) is 32.4. The Balaban J connectivity index is 1.18. The molecule has 1 aromatic carbocycles. The fourth-order valence-electron chi connectivity index (χ4n) is 4.57. The standard InChI is InChI=1S/C27H27F6N9O3/c1-16(37-20-11-36-42(24(43)23(20)27(31,32)33)12-17-3-5-19(44-2)6-4-17)14-45-15-21-38-22-13-40(7-8-41(22)39-21)25-34-9-18(10-35-25)26(28,29)30/h3-6,9-11,16,37H,7-8,12-15H2,1-2H3. The van der Waals surface area contributed by atoms with Gasteiger partial charge in [-0.15, -0.1) is 0 Å². The Morgan fingerprint density at radius 2 is 1.71 bits per heavy atom. The maximum absolute atomic E-state index is 14.0. The van der Waals surface area contributed by atoms with Crippen molar-refractivity contribution in [3.05, 3.63) is 81.5 Å². The maximum Gasteiger partial charge on any atom is 0.423 e. The molecule has 18 heteroatoms. The number of halogens is 6. The van der Waals surface area contributed by atoms with Crippen molar-refractivity contribution in [2.24, 2.45) is 0 Å². The molecule has 45 heavy (non-hydrogen) atoms. The molecular weight excluding hydrogens is 612 g/mol. The van der Waals surface area contributed by atoms with Crippen LogP contribution in [0.1, 0.15) is 35.3 Å². The van der Waals surface area contributed by atoms with Gasteiger partial charge in [-0.3, -0.25) is 4.79 Å². The van der Waals surface area contributed by atoms with Crippen LogP contribution >= 0.6 is 0 Å². The van der Waals surface area contributed by atoms with Crippen LogP contribution in [0.3, 0.4) is 0 Å². The Bertz CT molecular complexity index is 1670. The van der Waals surface area contributed by atoms with Crippen LogP contribution in [0.5, 0.6) is 5.75 Å².